The Hall–Kier alpha value is -1.58. The number of hydrogen-bond donors (Lipinski definition) is 1. The Labute approximate surface area is 110 Å². The Morgan fingerprint density at radius 2 is 1.94 bits per heavy atom. The van der Waals surface area contributed by atoms with E-state index in [9.17, 15) is 4.39 Å². The number of anilines is 1. The van der Waals surface area contributed by atoms with Crippen LogP contribution in [-0.4, -0.2) is 0 Å². The molecule has 0 saturated heterocycles. The van der Waals surface area contributed by atoms with Gasteiger partial charge in [-0.15, -0.1) is 0 Å². The van der Waals surface area contributed by atoms with Gasteiger partial charge in [0.1, 0.15) is 5.82 Å². The summed E-state index contributed by atoms with van der Waals surface area (Å²) in [5.74, 6) is -0.342. The van der Waals surface area contributed by atoms with E-state index in [0.29, 0.717) is 23.9 Å². The SMILES string of the molecule is Nc1cc(F)ccc1COCc1cccc(Cl)c1. The van der Waals surface area contributed by atoms with Gasteiger partial charge in [0, 0.05) is 16.3 Å². The van der Waals surface area contributed by atoms with E-state index in [-0.39, 0.29) is 5.82 Å². The van der Waals surface area contributed by atoms with Gasteiger partial charge in [-0.3, -0.25) is 0 Å². The molecule has 0 radical (unpaired) electrons. The molecule has 2 rings (SSSR count). The molecule has 0 aliphatic carbocycles. The van der Waals surface area contributed by atoms with Crippen molar-refractivity contribution >= 4 is 17.3 Å². The van der Waals surface area contributed by atoms with Gasteiger partial charge in [0.25, 0.3) is 0 Å². The molecule has 0 aliphatic rings. The molecule has 94 valence electrons. The van der Waals surface area contributed by atoms with Crippen LogP contribution in [0.5, 0.6) is 0 Å². The highest BCUT2D eigenvalue weighted by Crippen LogP contribution is 2.16. The van der Waals surface area contributed by atoms with E-state index >= 15 is 0 Å². The van der Waals surface area contributed by atoms with Crippen LogP contribution in [0.3, 0.4) is 0 Å². The number of hydrogen-bond acceptors (Lipinski definition) is 2. The normalized spacial score (nSPS) is 10.6. The second kappa shape index (κ2) is 5.85. The van der Waals surface area contributed by atoms with Gasteiger partial charge in [-0.25, -0.2) is 4.39 Å². The maximum absolute atomic E-state index is 12.8. The van der Waals surface area contributed by atoms with Crippen molar-refractivity contribution in [2.75, 3.05) is 5.73 Å². The molecule has 0 atom stereocenters. The number of benzene rings is 2. The fourth-order valence-electron chi connectivity index (χ4n) is 1.60. The molecular weight excluding hydrogens is 253 g/mol. The molecule has 2 nitrogen and oxygen atoms in total. The Bertz CT molecular complexity index is 545. The van der Waals surface area contributed by atoms with E-state index in [1.165, 1.54) is 12.1 Å². The number of nitrogens with two attached hydrogens (primary N) is 1. The zero-order valence-electron chi connectivity index (χ0n) is 9.70. The minimum atomic E-state index is -0.342. The van der Waals surface area contributed by atoms with E-state index < -0.39 is 0 Å². The fourth-order valence-corrected chi connectivity index (χ4v) is 1.82. The first kappa shape index (κ1) is 12.9. The van der Waals surface area contributed by atoms with E-state index in [0.717, 1.165) is 11.1 Å². The van der Waals surface area contributed by atoms with Crippen LogP contribution in [0.4, 0.5) is 10.1 Å². The molecule has 0 aliphatic heterocycles. The van der Waals surface area contributed by atoms with Crippen LogP contribution in [-0.2, 0) is 18.0 Å². The van der Waals surface area contributed by atoms with Gasteiger partial charge >= 0.3 is 0 Å². The van der Waals surface area contributed by atoms with Crippen molar-refractivity contribution < 1.29 is 9.13 Å². The van der Waals surface area contributed by atoms with Crippen molar-refractivity contribution in [1.29, 1.82) is 0 Å². The van der Waals surface area contributed by atoms with Crippen molar-refractivity contribution in [3.05, 3.63) is 64.4 Å². The summed E-state index contributed by atoms with van der Waals surface area (Å²) in [4.78, 5) is 0. The first-order valence-corrected chi connectivity index (χ1v) is 5.89. The van der Waals surface area contributed by atoms with Crippen LogP contribution in [0.1, 0.15) is 11.1 Å². The van der Waals surface area contributed by atoms with Gasteiger partial charge in [-0.1, -0.05) is 29.8 Å². The minimum absolute atomic E-state index is 0.342. The lowest BCUT2D eigenvalue weighted by Crippen LogP contribution is -1.99. The highest BCUT2D eigenvalue weighted by atomic mass is 35.5. The monoisotopic (exact) mass is 265 g/mol. The summed E-state index contributed by atoms with van der Waals surface area (Å²) in [7, 11) is 0. The van der Waals surface area contributed by atoms with Gasteiger partial charge in [0.05, 0.1) is 13.2 Å². The highest BCUT2D eigenvalue weighted by molar-refractivity contribution is 6.30. The average Bonchev–Trinajstić information content (AvgIpc) is 2.32. The lowest BCUT2D eigenvalue weighted by molar-refractivity contribution is 0.107. The molecule has 0 aromatic heterocycles. The van der Waals surface area contributed by atoms with E-state index in [1.54, 1.807) is 6.07 Å². The van der Waals surface area contributed by atoms with Crippen LogP contribution >= 0.6 is 11.6 Å². The standard InChI is InChI=1S/C14H13ClFNO/c15-12-3-1-2-10(6-12)8-18-9-11-4-5-13(16)7-14(11)17/h1-7H,8-9,17H2. The Morgan fingerprint density at radius 3 is 2.67 bits per heavy atom. The summed E-state index contributed by atoms with van der Waals surface area (Å²) in [6.45, 7) is 0.788. The third-order valence-corrected chi connectivity index (χ3v) is 2.76. The summed E-state index contributed by atoms with van der Waals surface area (Å²) >= 11 is 5.87. The van der Waals surface area contributed by atoms with Crippen LogP contribution < -0.4 is 5.73 Å². The van der Waals surface area contributed by atoms with Crippen LogP contribution in [0.15, 0.2) is 42.5 Å². The smallest absolute Gasteiger partial charge is 0.125 e. The largest absolute Gasteiger partial charge is 0.398 e. The summed E-state index contributed by atoms with van der Waals surface area (Å²) in [6, 6.07) is 11.7. The molecule has 0 fully saturated rings. The molecule has 18 heavy (non-hydrogen) atoms. The zero-order chi connectivity index (χ0) is 13.0. The highest BCUT2D eigenvalue weighted by Gasteiger charge is 2.01. The number of halogens is 2. The van der Waals surface area contributed by atoms with E-state index in [4.69, 9.17) is 22.1 Å². The van der Waals surface area contributed by atoms with Crippen LogP contribution in [0.2, 0.25) is 5.02 Å². The van der Waals surface area contributed by atoms with Gasteiger partial charge in [-0.05, 0) is 29.8 Å². The van der Waals surface area contributed by atoms with E-state index in [2.05, 4.69) is 0 Å². The molecule has 0 spiro atoms. The van der Waals surface area contributed by atoms with Gasteiger partial charge in [0.15, 0.2) is 0 Å². The molecular formula is C14H13ClFNO. The molecule has 2 aromatic rings. The van der Waals surface area contributed by atoms with Gasteiger partial charge < -0.3 is 10.5 Å². The molecule has 0 unspecified atom stereocenters. The lowest BCUT2D eigenvalue weighted by atomic mass is 10.2. The van der Waals surface area contributed by atoms with Gasteiger partial charge in [-0.2, -0.15) is 0 Å². The lowest BCUT2D eigenvalue weighted by Gasteiger charge is -2.07. The Kier molecular flexibility index (Phi) is 4.18. The predicted octanol–water partition coefficient (Wildman–Crippen LogP) is 3.78. The second-order valence-corrected chi connectivity index (χ2v) is 4.40. The second-order valence-electron chi connectivity index (χ2n) is 3.97. The van der Waals surface area contributed by atoms with Crippen molar-refractivity contribution in [1.82, 2.24) is 0 Å². The van der Waals surface area contributed by atoms with Crippen molar-refractivity contribution in [2.45, 2.75) is 13.2 Å². The molecule has 2 aromatic carbocycles. The fraction of sp³-hybridized carbons (Fsp3) is 0.143. The molecule has 2 N–H and O–H groups in total. The van der Waals surface area contributed by atoms with Crippen molar-refractivity contribution in [3.63, 3.8) is 0 Å². The van der Waals surface area contributed by atoms with Crippen LogP contribution in [0.25, 0.3) is 0 Å². The average molecular weight is 266 g/mol. The third kappa shape index (κ3) is 3.45. The summed E-state index contributed by atoms with van der Waals surface area (Å²) in [5.41, 5.74) is 7.85. The van der Waals surface area contributed by atoms with Gasteiger partial charge in [0.2, 0.25) is 0 Å². The Morgan fingerprint density at radius 1 is 1.11 bits per heavy atom. The molecule has 0 heterocycles. The predicted molar refractivity (Wildman–Crippen MR) is 70.8 cm³/mol. The van der Waals surface area contributed by atoms with E-state index in [1.807, 2.05) is 24.3 Å². The van der Waals surface area contributed by atoms with Crippen molar-refractivity contribution in [2.24, 2.45) is 0 Å². The first-order chi connectivity index (χ1) is 8.65. The zero-order valence-corrected chi connectivity index (χ0v) is 10.5. The van der Waals surface area contributed by atoms with Crippen LogP contribution in [0, 0.1) is 5.82 Å². The van der Waals surface area contributed by atoms with Crippen molar-refractivity contribution in [3.8, 4) is 0 Å². The first-order valence-electron chi connectivity index (χ1n) is 5.51. The Balaban J connectivity index is 1.92. The molecule has 0 bridgehead atoms. The molecule has 0 saturated carbocycles. The minimum Gasteiger partial charge on any atom is -0.398 e. The summed E-state index contributed by atoms with van der Waals surface area (Å²) < 4.78 is 18.4. The number of ether oxygens (including phenoxy) is 1. The third-order valence-electron chi connectivity index (χ3n) is 2.52. The molecule has 4 heteroatoms. The number of rotatable bonds is 4. The number of nitrogen functional groups attached to an aromatic ring is 1. The quantitative estimate of drug-likeness (QED) is 0.854. The molecule has 0 amide bonds. The summed E-state index contributed by atoms with van der Waals surface area (Å²) in [6.07, 6.45) is 0. The maximum Gasteiger partial charge on any atom is 0.125 e. The topological polar surface area (TPSA) is 35.2 Å². The summed E-state index contributed by atoms with van der Waals surface area (Å²) in [5, 5.41) is 0.678. The maximum atomic E-state index is 12.8.